The summed E-state index contributed by atoms with van der Waals surface area (Å²) in [7, 11) is 0. The van der Waals surface area contributed by atoms with Gasteiger partial charge in [0.1, 0.15) is 16.2 Å². The number of thiophene rings is 1. The summed E-state index contributed by atoms with van der Waals surface area (Å²) in [6, 6.07) is 6.14. The van der Waals surface area contributed by atoms with Crippen LogP contribution >= 0.6 is 23.1 Å². The number of nitro groups is 1. The maximum absolute atomic E-state index is 11.0. The molecule has 10 heteroatoms. The summed E-state index contributed by atoms with van der Waals surface area (Å²) >= 11 is 3.04. The highest BCUT2D eigenvalue weighted by atomic mass is 32.2. The molecule has 1 aliphatic rings. The number of benzene rings is 1. The number of non-ortho nitro benzene ring substituents is 1. The molecule has 0 atom stereocenters. The van der Waals surface area contributed by atoms with Crippen LogP contribution in [-0.2, 0) is 12.8 Å². The molecule has 0 N–H and O–H groups in total. The lowest BCUT2D eigenvalue weighted by Gasteiger charge is -2.10. The summed E-state index contributed by atoms with van der Waals surface area (Å²) in [5.74, 6) is 0.240. The first kappa shape index (κ1) is 17.3. The summed E-state index contributed by atoms with van der Waals surface area (Å²) in [5.41, 5.74) is 1.83. The lowest BCUT2D eigenvalue weighted by Crippen LogP contribution is -1.98. The smallest absolute Gasteiger partial charge is 0.283 e. The first-order valence-corrected chi connectivity index (χ1v) is 10.3. The summed E-state index contributed by atoms with van der Waals surface area (Å²) in [6.45, 7) is 0. The normalized spacial score (nSPS) is 13.6. The molecule has 0 saturated carbocycles. The van der Waals surface area contributed by atoms with E-state index in [0.29, 0.717) is 10.8 Å². The van der Waals surface area contributed by atoms with Crippen LogP contribution in [0.3, 0.4) is 0 Å². The molecule has 1 aliphatic carbocycles. The second-order valence-electron chi connectivity index (χ2n) is 6.35. The maximum atomic E-state index is 11.0. The van der Waals surface area contributed by atoms with Crippen LogP contribution in [0.1, 0.15) is 23.3 Å². The van der Waals surface area contributed by atoms with Crippen LogP contribution in [0.4, 0.5) is 5.69 Å². The van der Waals surface area contributed by atoms with Gasteiger partial charge in [0, 0.05) is 28.0 Å². The highest BCUT2D eigenvalue weighted by Crippen LogP contribution is 2.41. The fourth-order valence-electron chi connectivity index (χ4n) is 3.34. The Bertz CT molecular complexity index is 1200. The molecule has 0 saturated heterocycles. The lowest BCUT2D eigenvalue weighted by molar-refractivity contribution is -0.384. The summed E-state index contributed by atoms with van der Waals surface area (Å²) in [6.07, 6.45) is 6.09. The summed E-state index contributed by atoms with van der Waals surface area (Å²) < 4.78 is 5.74. The topological polar surface area (TPSA) is 108 Å². The van der Waals surface area contributed by atoms with Gasteiger partial charge in [0.15, 0.2) is 0 Å². The molecule has 0 bridgehead atoms. The maximum Gasteiger partial charge on any atom is 0.283 e. The molecule has 3 heterocycles. The van der Waals surface area contributed by atoms with Gasteiger partial charge >= 0.3 is 0 Å². The minimum Gasteiger partial charge on any atom is -0.411 e. The van der Waals surface area contributed by atoms with Gasteiger partial charge < -0.3 is 4.42 Å². The molecule has 0 unspecified atom stereocenters. The SMILES string of the molecule is O=[N+]([O-])c1cccc(-c2nnc(Sc3ncnc4sc5c(c34)CCCC5)o2)c1. The quantitative estimate of drug-likeness (QED) is 0.271. The minimum absolute atomic E-state index is 0.0210. The van der Waals surface area contributed by atoms with E-state index in [1.54, 1.807) is 29.8 Å². The van der Waals surface area contributed by atoms with Gasteiger partial charge in [0.2, 0.25) is 5.89 Å². The van der Waals surface area contributed by atoms with Crippen molar-refractivity contribution < 1.29 is 9.34 Å². The molecule has 0 amide bonds. The van der Waals surface area contributed by atoms with Crippen molar-refractivity contribution in [2.75, 3.05) is 0 Å². The molecule has 0 spiro atoms. The van der Waals surface area contributed by atoms with E-state index < -0.39 is 4.92 Å². The van der Waals surface area contributed by atoms with Gasteiger partial charge in [-0.15, -0.1) is 21.5 Å². The summed E-state index contributed by atoms with van der Waals surface area (Å²) in [4.78, 5) is 21.8. The fourth-order valence-corrected chi connectivity index (χ4v) is 5.42. The van der Waals surface area contributed by atoms with Crippen molar-refractivity contribution in [3.63, 3.8) is 0 Å². The molecule has 5 rings (SSSR count). The number of hydrogen-bond acceptors (Lipinski definition) is 9. The van der Waals surface area contributed by atoms with Gasteiger partial charge in [0.25, 0.3) is 10.9 Å². The van der Waals surface area contributed by atoms with Crippen LogP contribution in [0.15, 0.2) is 45.3 Å². The molecule has 140 valence electrons. The third-order valence-electron chi connectivity index (χ3n) is 4.61. The van der Waals surface area contributed by atoms with Crippen LogP contribution < -0.4 is 0 Å². The highest BCUT2D eigenvalue weighted by molar-refractivity contribution is 7.99. The average molecular weight is 411 g/mol. The highest BCUT2D eigenvalue weighted by Gasteiger charge is 2.22. The molecule has 4 aromatic rings. The number of rotatable bonds is 4. The van der Waals surface area contributed by atoms with E-state index in [1.165, 1.54) is 47.2 Å². The first-order chi connectivity index (χ1) is 13.7. The van der Waals surface area contributed by atoms with Crippen molar-refractivity contribution in [1.82, 2.24) is 20.2 Å². The van der Waals surface area contributed by atoms with Crippen molar-refractivity contribution >= 4 is 39.0 Å². The van der Waals surface area contributed by atoms with Crippen molar-refractivity contribution in [3.8, 4) is 11.5 Å². The van der Waals surface area contributed by atoms with Crippen LogP contribution in [0.5, 0.6) is 0 Å². The van der Waals surface area contributed by atoms with Crippen molar-refractivity contribution in [2.45, 2.75) is 35.9 Å². The van der Waals surface area contributed by atoms with Crippen LogP contribution in [-0.4, -0.2) is 25.1 Å². The standard InChI is InChI=1S/C18H13N5O3S2/c24-23(25)11-5-3-4-10(8-11)15-21-22-18(26-15)28-17-14-12-6-1-2-7-13(12)27-16(14)19-9-20-17/h3-5,8-9H,1-2,6-7H2. The van der Waals surface area contributed by atoms with Crippen LogP contribution in [0.2, 0.25) is 0 Å². The van der Waals surface area contributed by atoms with E-state index in [9.17, 15) is 10.1 Å². The summed E-state index contributed by atoms with van der Waals surface area (Å²) in [5, 5.41) is 21.3. The third kappa shape index (κ3) is 3.04. The Morgan fingerprint density at radius 3 is 2.96 bits per heavy atom. The molecule has 28 heavy (non-hydrogen) atoms. The van der Waals surface area contributed by atoms with Crippen LogP contribution in [0, 0.1) is 10.1 Å². The van der Waals surface area contributed by atoms with Gasteiger partial charge in [-0.25, -0.2) is 9.97 Å². The fraction of sp³-hybridized carbons (Fsp3) is 0.222. The molecule has 0 aliphatic heterocycles. The molecule has 0 fully saturated rings. The van der Waals surface area contributed by atoms with E-state index in [-0.39, 0.29) is 11.6 Å². The number of nitro benzene ring substituents is 1. The Kier molecular flexibility index (Phi) is 4.29. The van der Waals surface area contributed by atoms with E-state index >= 15 is 0 Å². The first-order valence-electron chi connectivity index (χ1n) is 8.70. The van der Waals surface area contributed by atoms with Crippen LogP contribution in [0.25, 0.3) is 21.7 Å². The second kappa shape index (κ2) is 6.95. The number of hydrogen-bond donors (Lipinski definition) is 0. The predicted molar refractivity (Wildman–Crippen MR) is 105 cm³/mol. The average Bonchev–Trinajstić information content (AvgIpc) is 3.33. The Morgan fingerprint density at radius 2 is 2.07 bits per heavy atom. The van der Waals surface area contributed by atoms with E-state index in [2.05, 4.69) is 20.2 Å². The van der Waals surface area contributed by atoms with E-state index in [0.717, 1.165) is 28.1 Å². The largest absolute Gasteiger partial charge is 0.411 e. The Labute approximate surface area is 167 Å². The number of aryl methyl sites for hydroxylation is 2. The second-order valence-corrected chi connectivity index (χ2v) is 8.38. The lowest BCUT2D eigenvalue weighted by atomic mass is 9.97. The zero-order chi connectivity index (χ0) is 19.1. The molecule has 1 aromatic carbocycles. The van der Waals surface area contributed by atoms with Gasteiger partial charge in [-0.3, -0.25) is 10.1 Å². The molecule has 8 nitrogen and oxygen atoms in total. The third-order valence-corrected chi connectivity index (χ3v) is 6.65. The van der Waals surface area contributed by atoms with Gasteiger partial charge in [-0.2, -0.15) is 0 Å². The molecule has 3 aromatic heterocycles. The van der Waals surface area contributed by atoms with Crippen molar-refractivity contribution in [2.24, 2.45) is 0 Å². The van der Waals surface area contributed by atoms with E-state index in [4.69, 9.17) is 4.42 Å². The molecule has 0 radical (unpaired) electrons. The van der Waals surface area contributed by atoms with E-state index in [1.807, 2.05) is 0 Å². The molecular formula is C18H13N5O3S2. The zero-order valence-corrected chi connectivity index (χ0v) is 16.1. The van der Waals surface area contributed by atoms with Crippen molar-refractivity contribution in [3.05, 3.63) is 51.1 Å². The van der Waals surface area contributed by atoms with Gasteiger partial charge in [-0.05, 0) is 49.1 Å². The van der Waals surface area contributed by atoms with Gasteiger partial charge in [0.05, 0.1) is 4.92 Å². The number of fused-ring (bicyclic) bond motifs is 3. The monoisotopic (exact) mass is 411 g/mol. The van der Waals surface area contributed by atoms with Crippen molar-refractivity contribution in [1.29, 1.82) is 0 Å². The zero-order valence-electron chi connectivity index (χ0n) is 14.5. The number of nitrogens with zero attached hydrogens (tertiary/aromatic N) is 5. The Morgan fingerprint density at radius 1 is 1.18 bits per heavy atom. The van der Waals surface area contributed by atoms with Gasteiger partial charge in [-0.1, -0.05) is 6.07 Å². The number of aromatic nitrogens is 4. The Balaban J connectivity index is 1.49. The predicted octanol–water partition coefficient (Wildman–Crippen LogP) is 4.68. The Hall–Kier alpha value is -2.85. The molecular weight excluding hydrogens is 398 g/mol. The minimum atomic E-state index is -0.452.